The average molecular weight is 449 g/mol. The van der Waals surface area contributed by atoms with Gasteiger partial charge in [-0.05, 0) is 37.1 Å². The SMILES string of the molecule is N#CCCN(C(=O)Cc1cn(-c2ccccc2)nc1-c1ccc(Cl)cc1)C1CCOCC1. The van der Waals surface area contributed by atoms with Crippen LogP contribution in [-0.4, -0.2) is 46.4 Å². The van der Waals surface area contributed by atoms with Crippen LogP contribution in [0, 0.1) is 11.3 Å². The predicted molar refractivity (Wildman–Crippen MR) is 123 cm³/mol. The number of rotatable bonds is 7. The summed E-state index contributed by atoms with van der Waals surface area (Å²) < 4.78 is 7.27. The van der Waals surface area contributed by atoms with Crippen LogP contribution in [0.25, 0.3) is 16.9 Å². The minimum absolute atomic E-state index is 0.00924. The number of carbonyl (C=O) groups excluding carboxylic acids is 1. The van der Waals surface area contributed by atoms with Crippen LogP contribution in [0.2, 0.25) is 5.02 Å². The maximum absolute atomic E-state index is 13.4. The second-order valence-electron chi connectivity index (χ2n) is 7.81. The number of halogens is 1. The highest BCUT2D eigenvalue weighted by molar-refractivity contribution is 6.30. The molecule has 7 heteroatoms. The molecule has 0 radical (unpaired) electrons. The first-order valence-electron chi connectivity index (χ1n) is 10.8. The van der Waals surface area contributed by atoms with Crippen LogP contribution in [0.5, 0.6) is 0 Å². The molecule has 0 spiro atoms. The molecule has 0 N–H and O–H groups in total. The number of nitrogens with zero attached hydrogens (tertiary/aromatic N) is 4. The van der Waals surface area contributed by atoms with Crippen molar-refractivity contribution in [3.63, 3.8) is 0 Å². The van der Waals surface area contributed by atoms with Crippen molar-refractivity contribution >= 4 is 17.5 Å². The maximum Gasteiger partial charge on any atom is 0.227 e. The van der Waals surface area contributed by atoms with Gasteiger partial charge in [0.25, 0.3) is 0 Å². The van der Waals surface area contributed by atoms with Gasteiger partial charge in [0.15, 0.2) is 0 Å². The first-order valence-corrected chi connectivity index (χ1v) is 11.2. The van der Waals surface area contributed by atoms with Gasteiger partial charge in [0.1, 0.15) is 0 Å². The molecule has 2 aromatic carbocycles. The summed E-state index contributed by atoms with van der Waals surface area (Å²) >= 11 is 6.08. The van der Waals surface area contributed by atoms with Gasteiger partial charge in [-0.1, -0.05) is 41.9 Å². The lowest BCUT2D eigenvalue weighted by atomic mass is 10.0. The first-order chi connectivity index (χ1) is 15.7. The van der Waals surface area contributed by atoms with Crippen molar-refractivity contribution in [2.24, 2.45) is 0 Å². The third kappa shape index (κ3) is 5.18. The smallest absolute Gasteiger partial charge is 0.227 e. The van der Waals surface area contributed by atoms with Crippen LogP contribution in [0.4, 0.5) is 0 Å². The van der Waals surface area contributed by atoms with E-state index in [-0.39, 0.29) is 18.4 Å². The van der Waals surface area contributed by atoms with E-state index in [1.54, 1.807) is 4.68 Å². The van der Waals surface area contributed by atoms with E-state index in [1.165, 1.54) is 0 Å². The zero-order chi connectivity index (χ0) is 22.3. The predicted octanol–water partition coefficient (Wildman–Crippen LogP) is 4.66. The fourth-order valence-electron chi connectivity index (χ4n) is 4.05. The lowest BCUT2D eigenvalue weighted by Gasteiger charge is -2.34. The highest BCUT2D eigenvalue weighted by Crippen LogP contribution is 2.27. The minimum Gasteiger partial charge on any atom is -0.381 e. The molecule has 0 saturated carbocycles. The fourth-order valence-corrected chi connectivity index (χ4v) is 4.17. The van der Waals surface area contributed by atoms with E-state index in [2.05, 4.69) is 6.07 Å². The van der Waals surface area contributed by atoms with Crippen molar-refractivity contribution < 1.29 is 9.53 Å². The summed E-state index contributed by atoms with van der Waals surface area (Å²) in [6.45, 7) is 1.72. The van der Waals surface area contributed by atoms with Crippen molar-refractivity contribution in [2.45, 2.75) is 31.7 Å². The molecule has 0 atom stereocenters. The van der Waals surface area contributed by atoms with Crippen molar-refractivity contribution in [3.8, 4) is 23.0 Å². The highest BCUT2D eigenvalue weighted by Gasteiger charge is 2.27. The van der Waals surface area contributed by atoms with Crippen LogP contribution < -0.4 is 0 Å². The largest absolute Gasteiger partial charge is 0.381 e. The number of hydrogen-bond donors (Lipinski definition) is 0. The van der Waals surface area contributed by atoms with Gasteiger partial charge in [0, 0.05) is 48.1 Å². The second-order valence-corrected chi connectivity index (χ2v) is 8.24. The van der Waals surface area contributed by atoms with Crippen LogP contribution in [-0.2, 0) is 16.0 Å². The van der Waals surface area contributed by atoms with E-state index in [0.29, 0.717) is 31.2 Å². The summed E-state index contributed by atoms with van der Waals surface area (Å²) in [5, 5.41) is 14.5. The number of amides is 1. The molecule has 1 aliphatic heterocycles. The normalized spacial score (nSPS) is 14.1. The molecule has 1 aromatic heterocycles. The van der Waals surface area contributed by atoms with E-state index in [0.717, 1.165) is 35.3 Å². The Morgan fingerprint density at radius 3 is 2.56 bits per heavy atom. The second kappa shape index (κ2) is 10.4. The van der Waals surface area contributed by atoms with Gasteiger partial charge < -0.3 is 9.64 Å². The molecule has 1 fully saturated rings. The van der Waals surface area contributed by atoms with Crippen molar-refractivity contribution in [1.82, 2.24) is 14.7 Å². The fraction of sp³-hybridized carbons (Fsp3) is 0.320. The molecule has 32 heavy (non-hydrogen) atoms. The molecule has 4 rings (SSSR count). The van der Waals surface area contributed by atoms with Gasteiger partial charge in [-0.15, -0.1) is 0 Å². The summed E-state index contributed by atoms with van der Waals surface area (Å²) in [5.74, 6) is 0.00924. The van der Waals surface area contributed by atoms with E-state index in [9.17, 15) is 4.79 Å². The Kier molecular flexibility index (Phi) is 7.21. The monoisotopic (exact) mass is 448 g/mol. The highest BCUT2D eigenvalue weighted by atomic mass is 35.5. The van der Waals surface area contributed by atoms with Crippen molar-refractivity contribution in [1.29, 1.82) is 5.26 Å². The van der Waals surface area contributed by atoms with Crippen molar-refractivity contribution in [3.05, 3.63) is 71.4 Å². The number of ether oxygens (including phenoxy) is 1. The Hall–Kier alpha value is -3.14. The lowest BCUT2D eigenvalue weighted by Crippen LogP contribution is -2.44. The number of para-hydroxylation sites is 1. The Labute approximate surface area is 193 Å². The minimum atomic E-state index is 0.00924. The van der Waals surface area contributed by atoms with E-state index in [1.807, 2.05) is 65.7 Å². The molecular formula is C25H25ClN4O2. The van der Waals surface area contributed by atoms with Crippen LogP contribution in [0.3, 0.4) is 0 Å². The van der Waals surface area contributed by atoms with Crippen LogP contribution >= 0.6 is 11.6 Å². The van der Waals surface area contributed by atoms with Gasteiger partial charge >= 0.3 is 0 Å². The molecule has 1 amide bonds. The molecule has 0 unspecified atom stereocenters. The van der Waals surface area contributed by atoms with Gasteiger partial charge in [0.05, 0.1) is 30.3 Å². The number of aromatic nitrogens is 2. The molecule has 1 aliphatic rings. The Bertz CT molecular complexity index is 1080. The average Bonchev–Trinajstić information content (AvgIpc) is 3.25. The topological polar surface area (TPSA) is 71.2 Å². The molecule has 6 nitrogen and oxygen atoms in total. The molecule has 1 saturated heterocycles. The quantitative estimate of drug-likeness (QED) is 0.527. The Morgan fingerprint density at radius 2 is 1.88 bits per heavy atom. The van der Waals surface area contributed by atoms with Gasteiger partial charge in [-0.25, -0.2) is 4.68 Å². The van der Waals surface area contributed by atoms with E-state index in [4.69, 9.17) is 26.7 Å². The summed E-state index contributed by atoms with van der Waals surface area (Å²) in [6.07, 6.45) is 4.04. The van der Waals surface area contributed by atoms with Gasteiger partial charge in [-0.3, -0.25) is 4.79 Å². The third-order valence-corrected chi connectivity index (χ3v) is 5.94. The summed E-state index contributed by atoms with van der Waals surface area (Å²) in [7, 11) is 0. The standard InChI is InChI=1S/C25H25ClN4O2/c26-21-9-7-19(8-10-21)25-20(18-30(28-25)23-5-2-1-3-6-23)17-24(31)29(14-4-13-27)22-11-15-32-16-12-22/h1-3,5-10,18,22H,4,11-12,14-17H2. The zero-order valence-electron chi connectivity index (χ0n) is 17.8. The molecule has 0 aliphatic carbocycles. The van der Waals surface area contributed by atoms with Crippen LogP contribution in [0.15, 0.2) is 60.8 Å². The van der Waals surface area contributed by atoms with Gasteiger partial charge in [0.2, 0.25) is 5.91 Å². The Morgan fingerprint density at radius 1 is 1.16 bits per heavy atom. The number of carbonyl (C=O) groups is 1. The van der Waals surface area contributed by atoms with Gasteiger partial charge in [-0.2, -0.15) is 10.4 Å². The van der Waals surface area contributed by atoms with E-state index >= 15 is 0 Å². The molecule has 3 aromatic rings. The first kappa shape index (κ1) is 22.1. The number of hydrogen-bond acceptors (Lipinski definition) is 4. The lowest BCUT2D eigenvalue weighted by molar-refractivity contribution is -0.134. The van der Waals surface area contributed by atoms with Crippen molar-refractivity contribution in [2.75, 3.05) is 19.8 Å². The van der Waals surface area contributed by atoms with Crippen LogP contribution in [0.1, 0.15) is 24.8 Å². The van der Waals surface area contributed by atoms with E-state index < -0.39 is 0 Å². The Balaban J connectivity index is 1.66. The molecular weight excluding hydrogens is 424 g/mol. The third-order valence-electron chi connectivity index (χ3n) is 5.69. The zero-order valence-corrected chi connectivity index (χ0v) is 18.5. The number of nitriles is 1. The summed E-state index contributed by atoms with van der Waals surface area (Å²) in [6, 6.07) is 19.6. The molecule has 2 heterocycles. The molecule has 164 valence electrons. The summed E-state index contributed by atoms with van der Waals surface area (Å²) in [4.78, 5) is 15.3. The summed E-state index contributed by atoms with van der Waals surface area (Å²) in [5.41, 5.74) is 3.43. The number of benzene rings is 2. The molecule has 0 bridgehead atoms. The maximum atomic E-state index is 13.4.